The van der Waals surface area contributed by atoms with Crippen molar-refractivity contribution in [2.45, 2.75) is 11.8 Å². The lowest BCUT2D eigenvalue weighted by Gasteiger charge is -2.35. The maximum absolute atomic E-state index is 5.90. The first-order chi connectivity index (χ1) is 26.3. The minimum atomic E-state index is -0.493. The van der Waals surface area contributed by atoms with Gasteiger partial charge in [0.25, 0.3) is 0 Å². The number of para-hydroxylation sites is 1. The first-order valence-corrected chi connectivity index (χ1v) is 18.5. The summed E-state index contributed by atoms with van der Waals surface area (Å²) in [5.74, 6) is 0. The minimum absolute atomic E-state index is 0.493. The van der Waals surface area contributed by atoms with Crippen LogP contribution in [0.15, 0.2) is 206 Å². The van der Waals surface area contributed by atoms with Gasteiger partial charge in [0.2, 0.25) is 0 Å². The molecule has 254 valence electrons. The SMILES string of the molecule is NCCc1cccc(-c2ccc(N(c3ccc4c(c3)C(c3ccccc3)(c3ccccc3)c3ccccc3-4)c3ccccc3-c3ccccc3)cc2)c1. The summed E-state index contributed by atoms with van der Waals surface area (Å²) in [7, 11) is 0. The Morgan fingerprint density at radius 1 is 0.396 bits per heavy atom. The maximum Gasteiger partial charge on any atom is 0.0714 e. The lowest BCUT2D eigenvalue weighted by molar-refractivity contribution is 0.768. The van der Waals surface area contributed by atoms with Crippen LogP contribution in [0.1, 0.15) is 27.8 Å². The lowest BCUT2D eigenvalue weighted by Crippen LogP contribution is -2.28. The molecule has 0 fully saturated rings. The number of hydrogen-bond donors (Lipinski definition) is 1. The van der Waals surface area contributed by atoms with E-state index in [4.69, 9.17) is 5.73 Å². The summed E-state index contributed by atoms with van der Waals surface area (Å²) in [6, 6.07) is 75.3. The van der Waals surface area contributed by atoms with Crippen molar-refractivity contribution in [2.24, 2.45) is 5.73 Å². The number of rotatable bonds is 9. The van der Waals surface area contributed by atoms with E-state index in [9.17, 15) is 0 Å². The number of benzene rings is 8. The summed E-state index contributed by atoms with van der Waals surface area (Å²) >= 11 is 0. The maximum atomic E-state index is 5.90. The Labute approximate surface area is 312 Å². The number of hydrogen-bond acceptors (Lipinski definition) is 2. The zero-order chi connectivity index (χ0) is 35.6. The number of anilines is 3. The van der Waals surface area contributed by atoms with Crippen molar-refractivity contribution in [1.29, 1.82) is 0 Å². The molecule has 0 saturated carbocycles. The molecule has 0 bridgehead atoms. The summed E-state index contributed by atoms with van der Waals surface area (Å²) in [6.07, 6.45) is 0.867. The summed E-state index contributed by atoms with van der Waals surface area (Å²) in [5, 5.41) is 0. The minimum Gasteiger partial charge on any atom is -0.330 e. The van der Waals surface area contributed by atoms with E-state index in [-0.39, 0.29) is 0 Å². The Kier molecular flexibility index (Phi) is 8.51. The molecule has 1 aliphatic rings. The molecule has 0 unspecified atom stereocenters. The molecule has 2 nitrogen and oxygen atoms in total. The largest absolute Gasteiger partial charge is 0.330 e. The molecule has 0 spiro atoms. The Bertz CT molecular complexity index is 2460. The molecule has 0 radical (unpaired) electrons. The summed E-state index contributed by atoms with van der Waals surface area (Å²) in [6.45, 7) is 0.639. The Balaban J connectivity index is 1.28. The van der Waals surface area contributed by atoms with Gasteiger partial charge in [0.15, 0.2) is 0 Å². The van der Waals surface area contributed by atoms with Crippen molar-refractivity contribution >= 4 is 17.1 Å². The first-order valence-electron chi connectivity index (χ1n) is 18.5. The predicted octanol–water partition coefficient (Wildman–Crippen LogP) is 12.4. The third-order valence-electron chi connectivity index (χ3n) is 10.7. The molecule has 8 aromatic rings. The molecule has 2 N–H and O–H groups in total. The van der Waals surface area contributed by atoms with Crippen LogP contribution in [-0.2, 0) is 11.8 Å². The van der Waals surface area contributed by atoms with Crippen LogP contribution in [0.4, 0.5) is 17.1 Å². The average Bonchev–Trinajstić information content (AvgIpc) is 3.53. The highest BCUT2D eigenvalue weighted by Crippen LogP contribution is 2.57. The number of nitrogens with two attached hydrogens (primary N) is 1. The van der Waals surface area contributed by atoms with Crippen LogP contribution in [0.2, 0.25) is 0 Å². The van der Waals surface area contributed by atoms with Crippen molar-refractivity contribution < 1.29 is 0 Å². The second-order valence-electron chi connectivity index (χ2n) is 13.8. The van der Waals surface area contributed by atoms with Crippen LogP contribution in [-0.4, -0.2) is 6.54 Å². The number of nitrogens with zero attached hydrogens (tertiary/aromatic N) is 1. The summed E-state index contributed by atoms with van der Waals surface area (Å²) in [5.41, 5.74) is 22.4. The van der Waals surface area contributed by atoms with Gasteiger partial charge in [0.1, 0.15) is 0 Å². The fraction of sp³-hybridized carbons (Fsp3) is 0.0588. The molecule has 0 atom stereocenters. The van der Waals surface area contributed by atoms with Crippen molar-refractivity contribution in [3.8, 4) is 33.4 Å². The van der Waals surface area contributed by atoms with Gasteiger partial charge in [0.05, 0.1) is 11.1 Å². The van der Waals surface area contributed by atoms with E-state index in [1.807, 2.05) is 0 Å². The fourth-order valence-corrected chi connectivity index (χ4v) is 8.41. The Morgan fingerprint density at radius 2 is 0.962 bits per heavy atom. The molecule has 0 aliphatic heterocycles. The van der Waals surface area contributed by atoms with Gasteiger partial charge in [-0.05, 0) is 98.9 Å². The molecular formula is C51H40N2. The van der Waals surface area contributed by atoms with E-state index in [2.05, 4.69) is 211 Å². The average molecular weight is 681 g/mol. The smallest absolute Gasteiger partial charge is 0.0714 e. The van der Waals surface area contributed by atoms with E-state index in [0.29, 0.717) is 6.54 Å². The fourth-order valence-electron chi connectivity index (χ4n) is 8.41. The quantitative estimate of drug-likeness (QED) is 0.164. The topological polar surface area (TPSA) is 29.3 Å². The van der Waals surface area contributed by atoms with E-state index in [0.717, 1.165) is 23.5 Å². The molecule has 0 amide bonds. The highest BCUT2D eigenvalue weighted by Gasteiger charge is 2.46. The van der Waals surface area contributed by atoms with Crippen LogP contribution in [0.25, 0.3) is 33.4 Å². The molecule has 9 rings (SSSR count). The van der Waals surface area contributed by atoms with E-state index in [1.165, 1.54) is 61.2 Å². The van der Waals surface area contributed by atoms with E-state index in [1.54, 1.807) is 0 Å². The van der Waals surface area contributed by atoms with E-state index >= 15 is 0 Å². The molecule has 0 heterocycles. The van der Waals surface area contributed by atoms with Crippen molar-refractivity contribution in [2.75, 3.05) is 11.4 Å². The van der Waals surface area contributed by atoms with E-state index < -0.39 is 5.41 Å². The summed E-state index contributed by atoms with van der Waals surface area (Å²) in [4.78, 5) is 2.43. The van der Waals surface area contributed by atoms with Gasteiger partial charge in [-0.3, -0.25) is 0 Å². The van der Waals surface area contributed by atoms with Gasteiger partial charge in [0, 0.05) is 16.9 Å². The predicted molar refractivity (Wildman–Crippen MR) is 222 cm³/mol. The van der Waals surface area contributed by atoms with Crippen molar-refractivity contribution in [3.63, 3.8) is 0 Å². The van der Waals surface area contributed by atoms with Crippen LogP contribution < -0.4 is 10.6 Å². The standard InChI is InChI=1S/C51H40N2/c52-34-33-37-15-14-18-40(35-37)38-27-29-43(30-28-38)53(50-26-13-11-23-45(50)39-16-4-1-5-17-39)44-31-32-47-46-24-10-12-25-48(46)51(49(47)36-44,41-19-6-2-7-20-41)42-21-8-3-9-22-42/h1-32,35-36H,33-34,52H2. The highest BCUT2D eigenvalue weighted by atomic mass is 15.1. The Hall–Kier alpha value is -6.48. The monoisotopic (exact) mass is 680 g/mol. The van der Waals surface area contributed by atoms with Crippen molar-refractivity contribution in [3.05, 3.63) is 234 Å². The van der Waals surface area contributed by atoms with Gasteiger partial charge in [-0.2, -0.15) is 0 Å². The third kappa shape index (κ3) is 5.65. The zero-order valence-electron chi connectivity index (χ0n) is 29.6. The second-order valence-corrected chi connectivity index (χ2v) is 13.8. The normalized spacial score (nSPS) is 12.5. The lowest BCUT2D eigenvalue weighted by atomic mass is 9.67. The second kappa shape index (κ2) is 13.9. The highest BCUT2D eigenvalue weighted by molar-refractivity contribution is 5.92. The van der Waals surface area contributed by atoms with Gasteiger partial charge < -0.3 is 10.6 Å². The molecule has 8 aromatic carbocycles. The van der Waals surface area contributed by atoms with Crippen LogP contribution >= 0.6 is 0 Å². The third-order valence-corrected chi connectivity index (χ3v) is 10.7. The molecule has 0 aromatic heterocycles. The summed E-state index contributed by atoms with van der Waals surface area (Å²) < 4.78 is 0. The van der Waals surface area contributed by atoms with Crippen LogP contribution in [0, 0.1) is 0 Å². The molecule has 53 heavy (non-hydrogen) atoms. The van der Waals surface area contributed by atoms with Gasteiger partial charge in [-0.15, -0.1) is 0 Å². The Morgan fingerprint density at radius 3 is 1.66 bits per heavy atom. The van der Waals surface area contributed by atoms with Gasteiger partial charge >= 0.3 is 0 Å². The zero-order valence-corrected chi connectivity index (χ0v) is 29.6. The van der Waals surface area contributed by atoms with Crippen LogP contribution in [0.5, 0.6) is 0 Å². The first kappa shape index (κ1) is 32.4. The van der Waals surface area contributed by atoms with Gasteiger partial charge in [-0.1, -0.05) is 176 Å². The number of fused-ring (bicyclic) bond motifs is 3. The molecule has 1 aliphatic carbocycles. The molecule has 0 saturated heterocycles. The van der Waals surface area contributed by atoms with Gasteiger partial charge in [-0.25, -0.2) is 0 Å². The molecule has 2 heteroatoms. The van der Waals surface area contributed by atoms with Crippen molar-refractivity contribution in [1.82, 2.24) is 0 Å². The molecular weight excluding hydrogens is 641 g/mol. The van der Waals surface area contributed by atoms with Crippen LogP contribution in [0.3, 0.4) is 0 Å².